The van der Waals surface area contributed by atoms with Gasteiger partial charge in [0.15, 0.2) is 0 Å². The van der Waals surface area contributed by atoms with E-state index in [0.29, 0.717) is 0 Å². The number of rotatable bonds is 6. The summed E-state index contributed by atoms with van der Waals surface area (Å²) < 4.78 is 0. The van der Waals surface area contributed by atoms with Gasteiger partial charge in [0.05, 0.1) is 0 Å². The smallest absolute Gasteiger partial charge is 0.0238 e. The van der Waals surface area contributed by atoms with Crippen molar-refractivity contribution in [1.82, 2.24) is 0 Å². The molecule has 0 saturated carbocycles. The Labute approximate surface area is 117 Å². The van der Waals surface area contributed by atoms with Crippen LogP contribution in [0.5, 0.6) is 0 Å². The van der Waals surface area contributed by atoms with Crippen LogP contribution in [0.1, 0.15) is 31.4 Å². The van der Waals surface area contributed by atoms with Crippen molar-refractivity contribution in [2.75, 3.05) is 0 Å². The van der Waals surface area contributed by atoms with Gasteiger partial charge in [-0.05, 0) is 50.3 Å². The van der Waals surface area contributed by atoms with Gasteiger partial charge < -0.3 is 0 Å². The fourth-order valence-corrected chi connectivity index (χ4v) is 1.84. The molecule has 0 aliphatic carbocycles. The molecule has 100 valence electrons. The number of aryl methyl sites for hydroxylation is 2. The van der Waals surface area contributed by atoms with Gasteiger partial charge >= 0.3 is 0 Å². The largest absolute Gasteiger partial charge is 0.0961 e. The standard InChI is InChI=1S/C19H24/c1-6-19(14-7-15(2)3)17(5)10-13-18-11-8-16(4)9-12-18/h6-9,11-12,14H,2,5,10,13H2,1,3-4H3/b14-7-,19-6?. The lowest BCUT2D eigenvalue weighted by atomic mass is 9.98. The van der Waals surface area contributed by atoms with Crippen LogP contribution in [0, 0.1) is 6.92 Å². The number of hydrogen-bond acceptors (Lipinski definition) is 0. The van der Waals surface area contributed by atoms with Gasteiger partial charge in [-0.1, -0.05) is 66.8 Å². The predicted molar refractivity (Wildman–Crippen MR) is 86.4 cm³/mol. The second-order valence-electron chi connectivity index (χ2n) is 5.01. The van der Waals surface area contributed by atoms with E-state index in [1.807, 2.05) is 13.0 Å². The molecular weight excluding hydrogens is 228 g/mol. The zero-order valence-corrected chi connectivity index (χ0v) is 12.4. The van der Waals surface area contributed by atoms with Gasteiger partial charge in [-0.15, -0.1) is 0 Å². The number of allylic oxidation sites excluding steroid dienone is 6. The van der Waals surface area contributed by atoms with Crippen LogP contribution in [0.25, 0.3) is 0 Å². The Morgan fingerprint density at radius 2 is 1.74 bits per heavy atom. The highest BCUT2D eigenvalue weighted by atomic mass is 14.1. The molecule has 0 aliphatic rings. The van der Waals surface area contributed by atoms with Crippen molar-refractivity contribution in [2.24, 2.45) is 0 Å². The Morgan fingerprint density at radius 3 is 2.26 bits per heavy atom. The molecule has 0 bridgehead atoms. The van der Waals surface area contributed by atoms with E-state index in [0.717, 1.165) is 18.4 Å². The summed E-state index contributed by atoms with van der Waals surface area (Å²) in [5.41, 5.74) is 6.12. The minimum absolute atomic E-state index is 0.989. The van der Waals surface area contributed by atoms with Crippen molar-refractivity contribution in [1.29, 1.82) is 0 Å². The fraction of sp³-hybridized carbons (Fsp3) is 0.263. The van der Waals surface area contributed by atoms with Crippen LogP contribution in [-0.4, -0.2) is 0 Å². The minimum atomic E-state index is 0.989. The molecule has 0 unspecified atom stereocenters. The van der Waals surface area contributed by atoms with Gasteiger partial charge in [0.2, 0.25) is 0 Å². The van der Waals surface area contributed by atoms with Crippen molar-refractivity contribution in [3.63, 3.8) is 0 Å². The van der Waals surface area contributed by atoms with Crippen LogP contribution in [0.3, 0.4) is 0 Å². The summed E-state index contributed by atoms with van der Waals surface area (Å²) >= 11 is 0. The van der Waals surface area contributed by atoms with Crippen molar-refractivity contribution in [3.8, 4) is 0 Å². The molecular formula is C19H24. The maximum atomic E-state index is 4.19. The highest BCUT2D eigenvalue weighted by Crippen LogP contribution is 2.17. The molecule has 0 heterocycles. The minimum Gasteiger partial charge on any atom is -0.0961 e. The Balaban J connectivity index is 2.59. The average molecular weight is 252 g/mol. The summed E-state index contributed by atoms with van der Waals surface area (Å²) in [6, 6.07) is 8.72. The molecule has 0 amide bonds. The lowest BCUT2D eigenvalue weighted by Gasteiger charge is -2.07. The van der Waals surface area contributed by atoms with E-state index in [9.17, 15) is 0 Å². The molecule has 19 heavy (non-hydrogen) atoms. The first-order chi connectivity index (χ1) is 9.02. The molecule has 0 aromatic heterocycles. The molecule has 0 fully saturated rings. The van der Waals surface area contributed by atoms with Gasteiger partial charge in [0, 0.05) is 0 Å². The normalized spacial score (nSPS) is 11.8. The van der Waals surface area contributed by atoms with Crippen molar-refractivity contribution in [3.05, 3.63) is 83.5 Å². The van der Waals surface area contributed by atoms with Crippen LogP contribution in [0.4, 0.5) is 0 Å². The van der Waals surface area contributed by atoms with E-state index in [2.05, 4.69) is 63.4 Å². The summed E-state index contributed by atoms with van der Waals surface area (Å²) in [7, 11) is 0. The van der Waals surface area contributed by atoms with Crippen molar-refractivity contribution < 1.29 is 0 Å². The third-order valence-electron chi connectivity index (χ3n) is 3.10. The Morgan fingerprint density at radius 1 is 1.11 bits per heavy atom. The second-order valence-corrected chi connectivity index (χ2v) is 5.01. The van der Waals surface area contributed by atoms with Crippen LogP contribution in [-0.2, 0) is 6.42 Å². The van der Waals surface area contributed by atoms with Gasteiger partial charge in [0.25, 0.3) is 0 Å². The SMILES string of the molecule is C=C(C)/C=C\C(=CC)C(=C)CCc1ccc(C)cc1. The molecule has 0 heteroatoms. The van der Waals surface area contributed by atoms with Crippen molar-refractivity contribution in [2.45, 2.75) is 33.6 Å². The van der Waals surface area contributed by atoms with E-state index >= 15 is 0 Å². The predicted octanol–water partition coefficient (Wildman–Crippen LogP) is 5.56. The van der Waals surface area contributed by atoms with Gasteiger partial charge in [-0.3, -0.25) is 0 Å². The Kier molecular flexibility index (Phi) is 6.08. The number of hydrogen-bond donors (Lipinski definition) is 0. The average Bonchev–Trinajstić information content (AvgIpc) is 2.38. The lowest BCUT2D eigenvalue weighted by Crippen LogP contribution is -1.91. The summed E-state index contributed by atoms with van der Waals surface area (Å²) in [5.74, 6) is 0. The topological polar surface area (TPSA) is 0 Å². The summed E-state index contributed by atoms with van der Waals surface area (Å²) in [5, 5.41) is 0. The van der Waals surface area contributed by atoms with E-state index < -0.39 is 0 Å². The zero-order chi connectivity index (χ0) is 14.3. The fourth-order valence-electron chi connectivity index (χ4n) is 1.84. The van der Waals surface area contributed by atoms with Crippen LogP contribution >= 0.6 is 0 Å². The molecule has 1 aromatic rings. The molecule has 0 N–H and O–H groups in total. The van der Waals surface area contributed by atoms with Crippen LogP contribution in [0.15, 0.2) is 72.4 Å². The maximum absolute atomic E-state index is 4.19. The van der Waals surface area contributed by atoms with Crippen molar-refractivity contribution >= 4 is 0 Å². The highest BCUT2D eigenvalue weighted by Gasteiger charge is 2.00. The molecule has 0 radical (unpaired) electrons. The summed E-state index contributed by atoms with van der Waals surface area (Å²) in [6.45, 7) is 14.2. The van der Waals surface area contributed by atoms with E-state index in [4.69, 9.17) is 0 Å². The summed E-state index contributed by atoms with van der Waals surface area (Å²) in [4.78, 5) is 0. The second kappa shape index (κ2) is 7.58. The monoisotopic (exact) mass is 252 g/mol. The first-order valence-corrected chi connectivity index (χ1v) is 6.76. The first kappa shape index (κ1) is 15.2. The molecule has 1 rings (SSSR count). The van der Waals surface area contributed by atoms with Gasteiger partial charge in [-0.25, -0.2) is 0 Å². The van der Waals surface area contributed by atoms with Crippen LogP contribution < -0.4 is 0 Å². The van der Waals surface area contributed by atoms with Gasteiger partial charge in [0.1, 0.15) is 0 Å². The lowest BCUT2D eigenvalue weighted by molar-refractivity contribution is 0.957. The molecule has 0 nitrogen and oxygen atoms in total. The third-order valence-corrected chi connectivity index (χ3v) is 3.10. The maximum Gasteiger partial charge on any atom is -0.0238 e. The van der Waals surface area contributed by atoms with Gasteiger partial charge in [-0.2, -0.15) is 0 Å². The Hall–Kier alpha value is -1.82. The highest BCUT2D eigenvalue weighted by molar-refractivity contribution is 5.40. The van der Waals surface area contributed by atoms with Crippen LogP contribution in [0.2, 0.25) is 0 Å². The zero-order valence-electron chi connectivity index (χ0n) is 12.4. The number of benzene rings is 1. The molecule has 0 aliphatic heterocycles. The van der Waals surface area contributed by atoms with E-state index in [1.165, 1.54) is 22.3 Å². The quantitative estimate of drug-likeness (QED) is 0.581. The molecule has 1 aromatic carbocycles. The van der Waals surface area contributed by atoms with E-state index in [-0.39, 0.29) is 0 Å². The third kappa shape index (κ3) is 5.56. The Bertz CT molecular complexity index is 495. The first-order valence-electron chi connectivity index (χ1n) is 6.76. The van der Waals surface area contributed by atoms with E-state index in [1.54, 1.807) is 0 Å². The molecule has 0 saturated heterocycles. The summed E-state index contributed by atoms with van der Waals surface area (Å²) in [6.07, 6.45) is 8.27. The molecule has 0 spiro atoms. The molecule has 0 atom stereocenters.